The maximum Gasteiger partial charge on any atom is 0.254 e. The number of carbonyl (C=O) groups excluding carboxylic acids is 3. The van der Waals surface area contributed by atoms with Gasteiger partial charge in [-0.15, -0.1) is 0 Å². The van der Waals surface area contributed by atoms with Crippen LogP contribution in [0.25, 0.3) is 0 Å². The van der Waals surface area contributed by atoms with E-state index in [1.807, 2.05) is 18.7 Å². The van der Waals surface area contributed by atoms with Crippen molar-refractivity contribution in [1.82, 2.24) is 20.4 Å². The lowest BCUT2D eigenvalue weighted by Crippen LogP contribution is -2.53. The molecule has 1 aliphatic heterocycles. The van der Waals surface area contributed by atoms with Gasteiger partial charge in [0.2, 0.25) is 11.8 Å². The van der Waals surface area contributed by atoms with Gasteiger partial charge in [-0.05, 0) is 26.0 Å². The zero-order valence-corrected chi connectivity index (χ0v) is 15.4. The lowest BCUT2D eigenvalue weighted by atomic mass is 10.2. The summed E-state index contributed by atoms with van der Waals surface area (Å²) in [6.07, 6.45) is 0. The van der Waals surface area contributed by atoms with Crippen molar-refractivity contribution >= 4 is 17.7 Å². The lowest BCUT2D eigenvalue weighted by Gasteiger charge is -2.34. The Morgan fingerprint density at radius 2 is 1.78 bits per heavy atom. The molecule has 0 bridgehead atoms. The van der Waals surface area contributed by atoms with Gasteiger partial charge in [-0.3, -0.25) is 19.3 Å². The first kappa shape index (κ1) is 20.8. The van der Waals surface area contributed by atoms with Gasteiger partial charge in [0, 0.05) is 38.3 Å². The van der Waals surface area contributed by atoms with Crippen LogP contribution in [0.15, 0.2) is 18.2 Å². The molecule has 0 radical (unpaired) electrons. The molecule has 1 fully saturated rings. The Kier molecular flexibility index (Phi) is 7.23. The van der Waals surface area contributed by atoms with Gasteiger partial charge in [-0.2, -0.15) is 0 Å². The third kappa shape index (κ3) is 6.28. The van der Waals surface area contributed by atoms with Gasteiger partial charge >= 0.3 is 0 Å². The van der Waals surface area contributed by atoms with Crippen LogP contribution in [0.4, 0.5) is 8.78 Å². The number of hydrogen-bond acceptors (Lipinski definition) is 4. The Balaban J connectivity index is 1.76. The standard InChI is InChI=1S/C18H24F2N4O3/c1-12(2)22-16(25)11-23-5-7-24(8-6-23)17(26)10-21-18(27)14-4-3-13(19)9-15(14)20/h3-4,9,12H,5-8,10-11H2,1-2H3,(H,21,27)(H,22,25). The number of carbonyl (C=O) groups is 3. The average molecular weight is 382 g/mol. The molecule has 1 heterocycles. The van der Waals surface area contributed by atoms with Gasteiger partial charge in [0.05, 0.1) is 18.7 Å². The van der Waals surface area contributed by atoms with E-state index in [1.54, 1.807) is 4.90 Å². The molecule has 148 valence electrons. The number of piperazine rings is 1. The van der Waals surface area contributed by atoms with E-state index in [2.05, 4.69) is 10.6 Å². The average Bonchev–Trinajstić information content (AvgIpc) is 2.59. The highest BCUT2D eigenvalue weighted by atomic mass is 19.1. The van der Waals surface area contributed by atoms with E-state index in [-0.39, 0.29) is 36.5 Å². The minimum atomic E-state index is -0.978. The number of benzene rings is 1. The predicted octanol–water partition coefficient (Wildman–Crippen LogP) is 0.363. The maximum atomic E-state index is 13.6. The van der Waals surface area contributed by atoms with Gasteiger partial charge in [-0.25, -0.2) is 8.78 Å². The minimum Gasteiger partial charge on any atom is -0.353 e. The largest absolute Gasteiger partial charge is 0.353 e. The molecule has 0 aliphatic carbocycles. The molecule has 1 saturated heterocycles. The van der Waals surface area contributed by atoms with Gasteiger partial charge in [-0.1, -0.05) is 0 Å². The number of hydrogen-bond donors (Lipinski definition) is 2. The first-order valence-corrected chi connectivity index (χ1v) is 8.79. The third-order valence-electron chi connectivity index (χ3n) is 4.12. The van der Waals surface area contributed by atoms with Crippen LogP contribution in [0.1, 0.15) is 24.2 Å². The normalized spacial score (nSPS) is 14.9. The first-order chi connectivity index (χ1) is 12.8. The highest BCUT2D eigenvalue weighted by molar-refractivity contribution is 5.96. The Hall–Kier alpha value is -2.55. The predicted molar refractivity (Wildman–Crippen MR) is 95.0 cm³/mol. The zero-order valence-electron chi connectivity index (χ0n) is 15.4. The maximum absolute atomic E-state index is 13.6. The summed E-state index contributed by atoms with van der Waals surface area (Å²) in [5.74, 6) is -2.88. The molecular formula is C18H24F2N4O3. The van der Waals surface area contributed by atoms with Crippen LogP contribution in [0, 0.1) is 11.6 Å². The summed E-state index contributed by atoms with van der Waals surface area (Å²) < 4.78 is 26.5. The molecule has 0 saturated carbocycles. The van der Waals surface area contributed by atoms with Crippen molar-refractivity contribution in [3.8, 4) is 0 Å². The molecule has 0 aromatic heterocycles. The number of nitrogens with one attached hydrogen (secondary N) is 2. The summed E-state index contributed by atoms with van der Waals surface area (Å²) in [5, 5.41) is 5.17. The molecule has 1 aromatic carbocycles. The molecule has 0 atom stereocenters. The van der Waals surface area contributed by atoms with Crippen LogP contribution in [0.2, 0.25) is 0 Å². The van der Waals surface area contributed by atoms with E-state index in [0.717, 1.165) is 12.1 Å². The SMILES string of the molecule is CC(C)NC(=O)CN1CCN(C(=O)CNC(=O)c2ccc(F)cc2F)CC1. The van der Waals surface area contributed by atoms with Crippen LogP contribution in [-0.4, -0.2) is 72.8 Å². The van der Waals surface area contributed by atoms with Crippen LogP contribution < -0.4 is 10.6 Å². The second kappa shape index (κ2) is 9.40. The monoisotopic (exact) mass is 382 g/mol. The second-order valence-electron chi connectivity index (χ2n) is 6.69. The quantitative estimate of drug-likeness (QED) is 0.745. The minimum absolute atomic E-state index is 0.0571. The molecule has 3 amide bonds. The smallest absolute Gasteiger partial charge is 0.254 e. The molecule has 1 aromatic rings. The van der Waals surface area contributed by atoms with E-state index < -0.39 is 17.5 Å². The van der Waals surface area contributed by atoms with Crippen molar-refractivity contribution in [3.05, 3.63) is 35.4 Å². The molecule has 2 rings (SSSR count). The number of rotatable bonds is 6. The highest BCUT2D eigenvalue weighted by Gasteiger charge is 2.23. The number of amides is 3. The Morgan fingerprint density at radius 3 is 2.37 bits per heavy atom. The van der Waals surface area contributed by atoms with Crippen molar-refractivity contribution in [3.63, 3.8) is 0 Å². The summed E-state index contributed by atoms with van der Waals surface area (Å²) in [5.41, 5.74) is -0.315. The van der Waals surface area contributed by atoms with E-state index in [0.29, 0.717) is 32.2 Å². The Labute approximate surface area is 156 Å². The van der Waals surface area contributed by atoms with Gasteiger partial charge in [0.1, 0.15) is 11.6 Å². The number of halogens is 2. The molecule has 9 heteroatoms. The van der Waals surface area contributed by atoms with Gasteiger partial charge in [0.15, 0.2) is 0 Å². The summed E-state index contributed by atoms with van der Waals surface area (Å²) in [6, 6.07) is 2.71. The number of nitrogens with zero attached hydrogens (tertiary/aromatic N) is 2. The second-order valence-corrected chi connectivity index (χ2v) is 6.69. The Morgan fingerprint density at radius 1 is 1.11 bits per heavy atom. The Bertz CT molecular complexity index is 704. The van der Waals surface area contributed by atoms with Crippen LogP contribution in [-0.2, 0) is 9.59 Å². The van der Waals surface area contributed by atoms with E-state index >= 15 is 0 Å². The fourth-order valence-electron chi connectivity index (χ4n) is 2.76. The molecule has 2 N–H and O–H groups in total. The first-order valence-electron chi connectivity index (χ1n) is 8.79. The van der Waals surface area contributed by atoms with E-state index in [4.69, 9.17) is 0 Å². The van der Waals surface area contributed by atoms with Crippen molar-refractivity contribution in [2.75, 3.05) is 39.3 Å². The summed E-state index contributed by atoms with van der Waals surface area (Å²) in [7, 11) is 0. The lowest BCUT2D eigenvalue weighted by molar-refractivity contribution is -0.132. The fraction of sp³-hybridized carbons (Fsp3) is 0.500. The molecule has 27 heavy (non-hydrogen) atoms. The summed E-state index contributed by atoms with van der Waals surface area (Å²) in [4.78, 5) is 39.4. The highest BCUT2D eigenvalue weighted by Crippen LogP contribution is 2.09. The third-order valence-corrected chi connectivity index (χ3v) is 4.12. The van der Waals surface area contributed by atoms with Crippen LogP contribution in [0.3, 0.4) is 0 Å². The summed E-state index contributed by atoms with van der Waals surface area (Å²) in [6.45, 7) is 5.77. The van der Waals surface area contributed by atoms with Crippen LogP contribution >= 0.6 is 0 Å². The zero-order chi connectivity index (χ0) is 20.0. The van der Waals surface area contributed by atoms with Crippen molar-refractivity contribution in [1.29, 1.82) is 0 Å². The molecular weight excluding hydrogens is 358 g/mol. The molecule has 0 spiro atoms. The van der Waals surface area contributed by atoms with Crippen LogP contribution in [0.5, 0.6) is 0 Å². The van der Waals surface area contributed by atoms with E-state index in [9.17, 15) is 23.2 Å². The fourth-order valence-corrected chi connectivity index (χ4v) is 2.76. The summed E-state index contributed by atoms with van der Waals surface area (Å²) >= 11 is 0. The van der Waals surface area contributed by atoms with Crippen molar-refractivity contribution in [2.24, 2.45) is 0 Å². The molecule has 1 aliphatic rings. The van der Waals surface area contributed by atoms with Crippen molar-refractivity contribution < 1.29 is 23.2 Å². The van der Waals surface area contributed by atoms with E-state index in [1.165, 1.54) is 0 Å². The molecule has 0 unspecified atom stereocenters. The van der Waals surface area contributed by atoms with Gasteiger partial charge in [0.25, 0.3) is 5.91 Å². The van der Waals surface area contributed by atoms with Crippen molar-refractivity contribution in [2.45, 2.75) is 19.9 Å². The molecule has 7 nitrogen and oxygen atoms in total. The topological polar surface area (TPSA) is 81.8 Å². The van der Waals surface area contributed by atoms with Gasteiger partial charge < -0.3 is 15.5 Å².